The van der Waals surface area contributed by atoms with Gasteiger partial charge in [0.2, 0.25) is 0 Å². The SMILES string of the molecule is CC1(C)OC[C@@H](CN[C@H]2CC[C@H](Nc3cc(-c4nc(NCC5CCOCC5)ccc4Cl)c(Cl)cn3)CC2)O1. The first-order valence-electron chi connectivity index (χ1n) is 13.8. The van der Waals surface area contributed by atoms with Gasteiger partial charge in [-0.2, -0.15) is 0 Å². The summed E-state index contributed by atoms with van der Waals surface area (Å²) in [6.45, 7) is 7.93. The Morgan fingerprint density at radius 2 is 1.71 bits per heavy atom. The van der Waals surface area contributed by atoms with Gasteiger partial charge in [-0.25, -0.2) is 9.97 Å². The van der Waals surface area contributed by atoms with Crippen LogP contribution in [0.4, 0.5) is 11.6 Å². The van der Waals surface area contributed by atoms with E-state index >= 15 is 0 Å². The summed E-state index contributed by atoms with van der Waals surface area (Å²) in [5.74, 6) is 1.70. The Morgan fingerprint density at radius 3 is 2.45 bits per heavy atom. The second-order valence-electron chi connectivity index (χ2n) is 11.1. The summed E-state index contributed by atoms with van der Waals surface area (Å²) in [4.78, 5) is 9.35. The van der Waals surface area contributed by atoms with Crippen molar-refractivity contribution in [3.63, 3.8) is 0 Å². The molecule has 38 heavy (non-hydrogen) atoms. The lowest BCUT2D eigenvalue weighted by molar-refractivity contribution is -0.137. The third kappa shape index (κ3) is 7.49. The van der Waals surface area contributed by atoms with Crippen LogP contribution in [0.15, 0.2) is 24.4 Å². The van der Waals surface area contributed by atoms with Crippen molar-refractivity contribution in [2.45, 2.75) is 76.3 Å². The number of nitrogens with zero attached hydrogens (tertiary/aromatic N) is 2. The van der Waals surface area contributed by atoms with Crippen molar-refractivity contribution >= 4 is 34.8 Å². The van der Waals surface area contributed by atoms with Crippen LogP contribution >= 0.6 is 23.2 Å². The predicted octanol–water partition coefficient (Wildman–Crippen LogP) is 5.75. The zero-order valence-corrected chi connectivity index (χ0v) is 23.8. The Labute approximate surface area is 235 Å². The van der Waals surface area contributed by atoms with Crippen LogP contribution in [0, 0.1) is 5.92 Å². The van der Waals surface area contributed by atoms with E-state index in [9.17, 15) is 0 Å². The van der Waals surface area contributed by atoms with Crippen LogP contribution in [-0.2, 0) is 14.2 Å². The summed E-state index contributed by atoms with van der Waals surface area (Å²) < 4.78 is 17.0. The first-order chi connectivity index (χ1) is 18.3. The van der Waals surface area contributed by atoms with Gasteiger partial charge in [0.15, 0.2) is 5.79 Å². The average Bonchev–Trinajstić information content (AvgIpc) is 3.28. The lowest BCUT2D eigenvalue weighted by atomic mass is 9.91. The molecule has 1 aliphatic carbocycles. The van der Waals surface area contributed by atoms with Crippen molar-refractivity contribution in [1.82, 2.24) is 15.3 Å². The Hall–Kier alpha value is -1.68. The summed E-state index contributed by atoms with van der Waals surface area (Å²) in [5.41, 5.74) is 1.44. The molecule has 2 saturated heterocycles. The summed E-state index contributed by atoms with van der Waals surface area (Å²) in [5, 5.41) is 11.8. The molecule has 0 aromatic carbocycles. The highest BCUT2D eigenvalue weighted by atomic mass is 35.5. The van der Waals surface area contributed by atoms with Gasteiger partial charge in [-0.15, -0.1) is 0 Å². The maximum absolute atomic E-state index is 6.57. The standard InChI is InChI=1S/C28H39Cl2N5O3/c1-28(2)37-17-21(38-28)15-31-19-3-5-20(6-4-19)34-26-13-22(24(30)16-33-26)27-23(29)7-8-25(35-27)32-14-18-9-11-36-12-10-18/h7-8,13,16,18-21,31H,3-6,9-12,14-15,17H2,1-2H3,(H,32,35)(H,33,34)/t19-,20-,21-/m1/s1. The number of rotatable bonds is 9. The first kappa shape index (κ1) is 27.9. The highest BCUT2D eigenvalue weighted by Gasteiger charge is 2.33. The van der Waals surface area contributed by atoms with Crippen LogP contribution in [0.1, 0.15) is 52.4 Å². The van der Waals surface area contributed by atoms with Gasteiger partial charge in [0.1, 0.15) is 11.6 Å². The Morgan fingerprint density at radius 1 is 0.947 bits per heavy atom. The molecule has 1 atom stereocenters. The van der Waals surface area contributed by atoms with E-state index in [0.717, 1.165) is 82.0 Å². The van der Waals surface area contributed by atoms with E-state index in [1.807, 2.05) is 32.0 Å². The van der Waals surface area contributed by atoms with Crippen molar-refractivity contribution in [3.05, 3.63) is 34.4 Å². The minimum absolute atomic E-state index is 0.119. The number of hydrogen-bond donors (Lipinski definition) is 3. The topological polar surface area (TPSA) is 89.6 Å². The van der Waals surface area contributed by atoms with Gasteiger partial charge < -0.3 is 30.2 Å². The van der Waals surface area contributed by atoms with Crippen LogP contribution in [0.25, 0.3) is 11.3 Å². The molecule has 1 saturated carbocycles. The van der Waals surface area contributed by atoms with Crippen molar-refractivity contribution in [2.24, 2.45) is 5.92 Å². The Balaban J connectivity index is 1.15. The van der Waals surface area contributed by atoms with E-state index in [0.29, 0.717) is 40.3 Å². The third-order valence-corrected chi connectivity index (χ3v) is 8.26. The van der Waals surface area contributed by atoms with Gasteiger partial charge in [-0.05, 0) is 76.5 Å². The number of hydrogen-bond acceptors (Lipinski definition) is 8. The fourth-order valence-corrected chi connectivity index (χ4v) is 5.84. The Kier molecular flexibility index (Phi) is 9.29. The quantitative estimate of drug-likeness (QED) is 0.355. The van der Waals surface area contributed by atoms with Crippen molar-refractivity contribution < 1.29 is 14.2 Å². The second kappa shape index (κ2) is 12.7. The van der Waals surface area contributed by atoms with E-state index in [1.165, 1.54) is 0 Å². The average molecular weight is 565 g/mol. The van der Waals surface area contributed by atoms with E-state index in [-0.39, 0.29) is 6.10 Å². The number of halogens is 2. The van der Waals surface area contributed by atoms with Gasteiger partial charge in [-0.3, -0.25) is 0 Å². The molecule has 0 amide bonds. The summed E-state index contributed by atoms with van der Waals surface area (Å²) in [6.07, 6.45) is 8.26. The zero-order chi connectivity index (χ0) is 26.5. The number of anilines is 2. The maximum atomic E-state index is 6.57. The number of aromatic nitrogens is 2. The second-order valence-corrected chi connectivity index (χ2v) is 11.9. The van der Waals surface area contributed by atoms with Gasteiger partial charge in [0.05, 0.1) is 28.5 Å². The molecule has 2 aliphatic heterocycles. The highest BCUT2D eigenvalue weighted by molar-refractivity contribution is 6.36. The number of pyridine rings is 2. The lowest BCUT2D eigenvalue weighted by Crippen LogP contribution is -2.41. The van der Waals surface area contributed by atoms with Crippen molar-refractivity contribution in [3.8, 4) is 11.3 Å². The normalized spacial score (nSPS) is 25.8. The molecular weight excluding hydrogens is 525 g/mol. The molecule has 2 aromatic rings. The molecule has 4 heterocycles. The molecule has 0 bridgehead atoms. The Bertz CT molecular complexity index is 1070. The molecule has 5 rings (SSSR count). The van der Waals surface area contributed by atoms with E-state index in [4.69, 9.17) is 42.4 Å². The van der Waals surface area contributed by atoms with Crippen molar-refractivity contribution in [2.75, 3.05) is 43.5 Å². The fraction of sp³-hybridized carbons (Fsp3) is 0.643. The molecule has 208 valence electrons. The van der Waals surface area contributed by atoms with Gasteiger partial charge in [-0.1, -0.05) is 23.2 Å². The number of ether oxygens (including phenoxy) is 3. The smallest absolute Gasteiger partial charge is 0.163 e. The minimum atomic E-state index is -0.472. The van der Waals surface area contributed by atoms with Crippen LogP contribution in [0.5, 0.6) is 0 Å². The number of nitrogens with one attached hydrogen (secondary N) is 3. The predicted molar refractivity (Wildman–Crippen MR) is 152 cm³/mol. The van der Waals surface area contributed by atoms with E-state index < -0.39 is 5.79 Å². The molecule has 3 N–H and O–H groups in total. The van der Waals surface area contributed by atoms with Gasteiger partial charge in [0.25, 0.3) is 0 Å². The van der Waals surface area contributed by atoms with Crippen molar-refractivity contribution in [1.29, 1.82) is 0 Å². The molecule has 0 radical (unpaired) electrons. The van der Waals surface area contributed by atoms with Gasteiger partial charge in [0, 0.05) is 50.1 Å². The summed E-state index contributed by atoms with van der Waals surface area (Å²) in [7, 11) is 0. The molecule has 0 unspecified atom stereocenters. The van der Waals surface area contributed by atoms with Crippen LogP contribution in [-0.4, -0.2) is 66.9 Å². The monoisotopic (exact) mass is 563 g/mol. The summed E-state index contributed by atoms with van der Waals surface area (Å²) in [6, 6.07) is 6.60. The van der Waals surface area contributed by atoms with Crippen LogP contribution < -0.4 is 16.0 Å². The summed E-state index contributed by atoms with van der Waals surface area (Å²) >= 11 is 13.1. The lowest BCUT2D eigenvalue weighted by Gasteiger charge is -2.30. The largest absolute Gasteiger partial charge is 0.381 e. The molecule has 10 heteroatoms. The highest BCUT2D eigenvalue weighted by Crippen LogP contribution is 2.34. The van der Waals surface area contributed by atoms with E-state index in [1.54, 1.807) is 6.20 Å². The molecule has 8 nitrogen and oxygen atoms in total. The van der Waals surface area contributed by atoms with Gasteiger partial charge >= 0.3 is 0 Å². The molecule has 3 fully saturated rings. The van der Waals surface area contributed by atoms with E-state index in [2.05, 4.69) is 20.9 Å². The molecule has 2 aromatic heterocycles. The fourth-order valence-electron chi connectivity index (χ4n) is 5.44. The molecule has 3 aliphatic rings. The first-order valence-corrected chi connectivity index (χ1v) is 14.6. The van der Waals surface area contributed by atoms with Crippen LogP contribution in [0.2, 0.25) is 10.0 Å². The zero-order valence-electron chi connectivity index (χ0n) is 22.3. The minimum Gasteiger partial charge on any atom is -0.381 e. The maximum Gasteiger partial charge on any atom is 0.163 e. The molecular formula is C28H39Cl2N5O3. The molecule has 0 spiro atoms. The van der Waals surface area contributed by atoms with Crippen LogP contribution in [0.3, 0.4) is 0 Å². The third-order valence-electron chi connectivity index (χ3n) is 7.65.